The topological polar surface area (TPSA) is 69.7 Å². The number of hydrogen-bond donors (Lipinski definition) is 1. The lowest BCUT2D eigenvalue weighted by Crippen LogP contribution is -2.59. The van der Waals surface area contributed by atoms with Crippen LogP contribution in [0.1, 0.15) is 58.9 Å². The summed E-state index contributed by atoms with van der Waals surface area (Å²) in [6, 6.07) is 4.70. The van der Waals surface area contributed by atoms with Gasteiger partial charge in [0.05, 0.1) is 12.3 Å². The molecular formula is C24H38FN3O3S. The Bertz CT molecular complexity index is 938. The van der Waals surface area contributed by atoms with Crippen LogP contribution in [0, 0.1) is 24.1 Å². The molecular weight excluding hydrogens is 429 g/mol. The average Bonchev–Trinajstić information content (AvgIpc) is 2.67. The number of carbonyl (C=O) groups is 1. The lowest BCUT2D eigenvalue weighted by Gasteiger charge is -2.53. The quantitative estimate of drug-likeness (QED) is 0.686. The number of sulfonamides is 1. The molecule has 2 aliphatic rings. The van der Waals surface area contributed by atoms with Crippen LogP contribution < -0.4 is 5.32 Å². The molecule has 1 aromatic rings. The van der Waals surface area contributed by atoms with E-state index in [4.69, 9.17) is 0 Å². The number of aryl methyl sites for hydroxylation is 1. The van der Waals surface area contributed by atoms with Gasteiger partial charge in [0.15, 0.2) is 0 Å². The smallest absolute Gasteiger partial charge is 0.238 e. The normalized spacial score (nSPS) is 21.7. The zero-order chi connectivity index (χ0) is 23.7. The van der Waals surface area contributed by atoms with E-state index in [1.165, 1.54) is 6.07 Å². The number of likely N-dealkylation sites (tertiary alicyclic amines) is 1. The van der Waals surface area contributed by atoms with Gasteiger partial charge in [0.1, 0.15) is 5.82 Å². The maximum Gasteiger partial charge on any atom is 0.238 e. The molecule has 6 nitrogen and oxygen atoms in total. The van der Waals surface area contributed by atoms with Crippen LogP contribution in [0.5, 0.6) is 0 Å². The average molecular weight is 468 g/mol. The number of benzene rings is 1. The largest absolute Gasteiger partial charge is 0.325 e. The number of rotatable bonds is 6. The summed E-state index contributed by atoms with van der Waals surface area (Å²) in [4.78, 5) is 14.6. The zero-order valence-electron chi connectivity index (χ0n) is 20.1. The van der Waals surface area contributed by atoms with Crippen LogP contribution in [-0.4, -0.2) is 61.0 Å². The summed E-state index contributed by atoms with van der Waals surface area (Å²) in [5.41, 5.74) is 0.628. The van der Waals surface area contributed by atoms with Crippen LogP contribution in [0.4, 0.5) is 10.1 Å². The second kappa shape index (κ2) is 9.39. The van der Waals surface area contributed by atoms with E-state index in [0.29, 0.717) is 17.8 Å². The zero-order valence-corrected chi connectivity index (χ0v) is 20.9. The van der Waals surface area contributed by atoms with E-state index in [9.17, 15) is 17.6 Å². The number of hydrogen-bond acceptors (Lipinski definition) is 4. The fourth-order valence-electron chi connectivity index (χ4n) is 4.95. The van der Waals surface area contributed by atoms with Crippen LogP contribution >= 0.6 is 0 Å². The third kappa shape index (κ3) is 5.88. The van der Waals surface area contributed by atoms with E-state index in [1.54, 1.807) is 23.4 Å². The van der Waals surface area contributed by atoms with E-state index >= 15 is 0 Å². The van der Waals surface area contributed by atoms with Crippen LogP contribution in [0.25, 0.3) is 0 Å². The number of halogens is 1. The van der Waals surface area contributed by atoms with Gasteiger partial charge in [-0.1, -0.05) is 19.9 Å². The Morgan fingerprint density at radius 3 is 2.41 bits per heavy atom. The second-order valence-corrected chi connectivity index (χ2v) is 12.7. The van der Waals surface area contributed by atoms with Gasteiger partial charge in [0.25, 0.3) is 0 Å². The van der Waals surface area contributed by atoms with Crippen LogP contribution in [0.2, 0.25) is 0 Å². The Balaban J connectivity index is 1.59. The lowest BCUT2D eigenvalue weighted by atomic mass is 9.69. The molecule has 32 heavy (non-hydrogen) atoms. The summed E-state index contributed by atoms with van der Waals surface area (Å²) in [5, 5.41) is 2.78. The maximum absolute atomic E-state index is 13.7. The van der Waals surface area contributed by atoms with Gasteiger partial charge in [-0.15, -0.1) is 0 Å². The number of nitrogens with zero attached hydrogens (tertiary/aromatic N) is 2. The van der Waals surface area contributed by atoms with E-state index in [2.05, 4.69) is 10.2 Å². The molecule has 0 saturated carbocycles. The van der Waals surface area contributed by atoms with Gasteiger partial charge in [-0.25, -0.2) is 12.8 Å². The minimum Gasteiger partial charge on any atom is -0.325 e. The first-order valence-electron chi connectivity index (χ1n) is 11.6. The van der Waals surface area contributed by atoms with Crippen molar-refractivity contribution in [2.24, 2.45) is 11.3 Å². The molecule has 2 heterocycles. The lowest BCUT2D eigenvalue weighted by molar-refractivity contribution is -0.118. The molecule has 1 aromatic carbocycles. The Morgan fingerprint density at radius 2 is 1.81 bits per heavy atom. The molecule has 0 unspecified atom stereocenters. The first-order valence-corrected chi connectivity index (χ1v) is 13.2. The number of nitrogens with one attached hydrogen (secondary N) is 1. The maximum atomic E-state index is 13.7. The van der Waals surface area contributed by atoms with Crippen molar-refractivity contribution in [3.63, 3.8) is 0 Å². The number of carbonyl (C=O) groups excluding carboxylic acids is 1. The fraction of sp³-hybridized carbons (Fsp3) is 0.708. The Hall–Kier alpha value is -1.51. The summed E-state index contributed by atoms with van der Waals surface area (Å²) in [7, 11) is -3.31. The molecule has 0 radical (unpaired) electrons. The highest BCUT2D eigenvalue weighted by Crippen LogP contribution is 2.46. The van der Waals surface area contributed by atoms with E-state index in [1.807, 2.05) is 27.7 Å². The number of piperidine rings is 2. The molecule has 0 aliphatic carbocycles. The highest BCUT2D eigenvalue weighted by molar-refractivity contribution is 7.89. The molecule has 3 rings (SSSR count). The number of anilines is 1. The molecule has 1 amide bonds. The van der Waals surface area contributed by atoms with Crippen molar-refractivity contribution in [2.75, 3.05) is 37.2 Å². The number of amides is 1. The standard InChI is InChI=1S/C24H38FN3O3S/c1-18(2)16-32(30,31)28-17-24(9-8-23(28,4)5)10-12-27(13-11-24)15-22(29)26-20-7-6-19(3)21(25)14-20/h6-7,14,18H,8-13,15-17H2,1-5H3,(H,26,29). The minimum absolute atomic E-state index is 0.0212. The second-order valence-electron chi connectivity index (χ2n) is 10.8. The van der Waals surface area contributed by atoms with Crippen molar-refractivity contribution in [3.8, 4) is 0 Å². The van der Waals surface area contributed by atoms with Gasteiger partial charge in [-0.05, 0) is 88.6 Å². The third-order valence-electron chi connectivity index (χ3n) is 7.04. The van der Waals surface area contributed by atoms with Crippen molar-refractivity contribution < 1.29 is 17.6 Å². The van der Waals surface area contributed by atoms with Crippen molar-refractivity contribution in [1.82, 2.24) is 9.21 Å². The molecule has 8 heteroatoms. The third-order valence-corrected chi connectivity index (χ3v) is 9.42. The summed E-state index contributed by atoms with van der Waals surface area (Å²) in [5.74, 6) is -0.218. The van der Waals surface area contributed by atoms with Crippen molar-refractivity contribution in [2.45, 2.75) is 65.8 Å². The van der Waals surface area contributed by atoms with Gasteiger partial charge in [-0.2, -0.15) is 4.31 Å². The molecule has 180 valence electrons. The van der Waals surface area contributed by atoms with Gasteiger partial charge < -0.3 is 5.32 Å². The van der Waals surface area contributed by atoms with Crippen LogP contribution in [0.15, 0.2) is 18.2 Å². The highest BCUT2D eigenvalue weighted by atomic mass is 32.2. The van der Waals surface area contributed by atoms with Gasteiger partial charge in [0, 0.05) is 17.8 Å². The summed E-state index contributed by atoms with van der Waals surface area (Å²) in [6.07, 6.45) is 3.62. The predicted octanol–water partition coefficient (Wildman–Crippen LogP) is 4.02. The molecule has 2 aliphatic heterocycles. The van der Waals surface area contributed by atoms with Crippen molar-refractivity contribution in [1.29, 1.82) is 0 Å². The van der Waals surface area contributed by atoms with Crippen LogP contribution in [-0.2, 0) is 14.8 Å². The molecule has 0 bridgehead atoms. The summed E-state index contributed by atoms with van der Waals surface area (Å²) < 4.78 is 41.7. The first kappa shape index (κ1) is 25.1. The minimum atomic E-state index is -3.31. The molecule has 1 spiro atoms. The van der Waals surface area contributed by atoms with Crippen LogP contribution in [0.3, 0.4) is 0 Å². The Kier molecular flexibility index (Phi) is 7.37. The molecule has 2 saturated heterocycles. The molecule has 0 aromatic heterocycles. The van der Waals surface area contributed by atoms with Crippen molar-refractivity contribution >= 4 is 21.6 Å². The Labute approximate surface area is 192 Å². The monoisotopic (exact) mass is 467 g/mol. The van der Waals surface area contributed by atoms with Gasteiger partial charge >= 0.3 is 0 Å². The van der Waals surface area contributed by atoms with E-state index in [0.717, 1.165) is 38.8 Å². The highest BCUT2D eigenvalue weighted by Gasteiger charge is 2.48. The first-order chi connectivity index (χ1) is 14.8. The SMILES string of the molecule is Cc1ccc(NC(=O)CN2CCC3(CC2)CCC(C)(C)N(S(=O)(=O)CC(C)C)C3)cc1F. The van der Waals surface area contributed by atoms with Gasteiger partial charge in [-0.3, -0.25) is 9.69 Å². The van der Waals surface area contributed by atoms with Crippen molar-refractivity contribution in [3.05, 3.63) is 29.6 Å². The van der Waals surface area contributed by atoms with E-state index in [-0.39, 0.29) is 40.9 Å². The molecule has 1 N–H and O–H groups in total. The summed E-state index contributed by atoms with van der Waals surface area (Å²) in [6.45, 7) is 12.0. The van der Waals surface area contributed by atoms with E-state index < -0.39 is 10.0 Å². The Morgan fingerprint density at radius 1 is 1.16 bits per heavy atom. The molecule has 2 fully saturated rings. The van der Waals surface area contributed by atoms with Gasteiger partial charge in [0.2, 0.25) is 15.9 Å². The predicted molar refractivity (Wildman–Crippen MR) is 127 cm³/mol. The fourth-order valence-corrected chi connectivity index (χ4v) is 7.28. The summed E-state index contributed by atoms with van der Waals surface area (Å²) >= 11 is 0. The molecule has 0 atom stereocenters.